The second-order valence-electron chi connectivity index (χ2n) is 5.61. The van der Waals surface area contributed by atoms with E-state index in [-0.39, 0.29) is 0 Å². The SMILES string of the molecule is CNc1nc(C2CC2)nc(-c2ccc(OC)cc2C)c1C. The highest BCUT2D eigenvalue weighted by Gasteiger charge is 2.28. The van der Waals surface area contributed by atoms with Crippen LogP contribution >= 0.6 is 0 Å². The molecule has 1 saturated carbocycles. The third-order valence-electron chi connectivity index (χ3n) is 4.03. The van der Waals surface area contributed by atoms with Gasteiger partial charge in [-0.1, -0.05) is 0 Å². The molecular weight excluding hydrogens is 262 g/mol. The smallest absolute Gasteiger partial charge is 0.134 e. The third-order valence-corrected chi connectivity index (χ3v) is 4.03. The molecule has 0 unspecified atom stereocenters. The Labute approximate surface area is 125 Å². The van der Waals surface area contributed by atoms with Crippen LogP contribution in [0.5, 0.6) is 5.75 Å². The van der Waals surface area contributed by atoms with Gasteiger partial charge in [-0.3, -0.25) is 0 Å². The van der Waals surface area contributed by atoms with Crippen LogP contribution in [0.2, 0.25) is 0 Å². The van der Waals surface area contributed by atoms with E-state index in [0.29, 0.717) is 5.92 Å². The molecule has 1 heterocycles. The number of nitrogens with one attached hydrogen (secondary N) is 1. The molecule has 1 aromatic heterocycles. The summed E-state index contributed by atoms with van der Waals surface area (Å²) in [6.45, 7) is 4.16. The number of aromatic nitrogens is 2. The third kappa shape index (κ3) is 2.58. The van der Waals surface area contributed by atoms with Crippen LogP contribution in [0.25, 0.3) is 11.3 Å². The molecule has 0 radical (unpaired) electrons. The lowest BCUT2D eigenvalue weighted by Gasteiger charge is -2.14. The fourth-order valence-corrected chi connectivity index (χ4v) is 2.59. The number of rotatable bonds is 4. The second-order valence-corrected chi connectivity index (χ2v) is 5.61. The van der Waals surface area contributed by atoms with Crippen LogP contribution in [0, 0.1) is 13.8 Å². The van der Waals surface area contributed by atoms with E-state index >= 15 is 0 Å². The van der Waals surface area contributed by atoms with Crippen molar-refractivity contribution in [3.8, 4) is 17.0 Å². The minimum absolute atomic E-state index is 0.537. The van der Waals surface area contributed by atoms with Crippen molar-refractivity contribution in [2.24, 2.45) is 0 Å². The van der Waals surface area contributed by atoms with Crippen molar-refractivity contribution in [1.82, 2.24) is 9.97 Å². The summed E-state index contributed by atoms with van der Waals surface area (Å²) in [7, 11) is 3.60. The molecule has 0 aliphatic heterocycles. The molecule has 0 spiro atoms. The topological polar surface area (TPSA) is 47.0 Å². The molecule has 2 aromatic rings. The van der Waals surface area contributed by atoms with Gasteiger partial charge in [0.2, 0.25) is 0 Å². The molecule has 110 valence electrons. The number of aryl methyl sites for hydroxylation is 1. The highest BCUT2D eigenvalue weighted by Crippen LogP contribution is 2.40. The van der Waals surface area contributed by atoms with Gasteiger partial charge in [0.1, 0.15) is 17.4 Å². The number of nitrogens with zero attached hydrogens (tertiary/aromatic N) is 2. The lowest BCUT2D eigenvalue weighted by atomic mass is 10.0. The molecule has 1 aliphatic rings. The van der Waals surface area contributed by atoms with Gasteiger partial charge in [-0.25, -0.2) is 9.97 Å². The van der Waals surface area contributed by atoms with Crippen LogP contribution in [0.4, 0.5) is 5.82 Å². The number of ether oxygens (including phenoxy) is 1. The first-order chi connectivity index (χ1) is 10.1. The maximum Gasteiger partial charge on any atom is 0.134 e. The summed E-state index contributed by atoms with van der Waals surface area (Å²) in [6, 6.07) is 6.12. The van der Waals surface area contributed by atoms with E-state index in [1.54, 1.807) is 7.11 Å². The van der Waals surface area contributed by atoms with Gasteiger partial charge in [-0.05, 0) is 50.5 Å². The minimum Gasteiger partial charge on any atom is -0.497 e. The van der Waals surface area contributed by atoms with Crippen molar-refractivity contribution in [3.63, 3.8) is 0 Å². The van der Waals surface area contributed by atoms with E-state index in [9.17, 15) is 0 Å². The van der Waals surface area contributed by atoms with E-state index in [1.807, 2.05) is 19.2 Å². The average Bonchev–Trinajstić information content (AvgIpc) is 3.32. The molecule has 1 aromatic carbocycles. The van der Waals surface area contributed by atoms with Gasteiger partial charge < -0.3 is 10.1 Å². The van der Waals surface area contributed by atoms with Crippen LogP contribution in [0.3, 0.4) is 0 Å². The highest BCUT2D eigenvalue weighted by atomic mass is 16.5. The first-order valence-electron chi connectivity index (χ1n) is 7.35. The molecule has 4 nitrogen and oxygen atoms in total. The zero-order valence-electron chi connectivity index (χ0n) is 13.0. The monoisotopic (exact) mass is 283 g/mol. The molecule has 0 amide bonds. The summed E-state index contributed by atoms with van der Waals surface area (Å²) in [6.07, 6.45) is 2.40. The van der Waals surface area contributed by atoms with Gasteiger partial charge in [0.25, 0.3) is 0 Å². The van der Waals surface area contributed by atoms with E-state index in [4.69, 9.17) is 9.72 Å². The van der Waals surface area contributed by atoms with Crippen molar-refractivity contribution in [3.05, 3.63) is 35.2 Å². The summed E-state index contributed by atoms with van der Waals surface area (Å²) >= 11 is 0. The zero-order valence-corrected chi connectivity index (χ0v) is 13.0. The van der Waals surface area contributed by atoms with Gasteiger partial charge in [-0.2, -0.15) is 0 Å². The quantitative estimate of drug-likeness (QED) is 0.929. The van der Waals surface area contributed by atoms with Crippen LogP contribution in [0.15, 0.2) is 18.2 Å². The molecule has 0 atom stereocenters. The number of anilines is 1. The molecule has 1 aliphatic carbocycles. The summed E-state index contributed by atoms with van der Waals surface area (Å²) < 4.78 is 5.29. The Hall–Kier alpha value is -2.10. The summed E-state index contributed by atoms with van der Waals surface area (Å²) in [4.78, 5) is 9.49. The van der Waals surface area contributed by atoms with E-state index in [0.717, 1.165) is 34.2 Å². The average molecular weight is 283 g/mol. The Morgan fingerprint density at radius 3 is 2.52 bits per heavy atom. The Kier molecular flexibility index (Phi) is 3.53. The van der Waals surface area contributed by atoms with Crippen LogP contribution in [-0.2, 0) is 0 Å². The molecule has 0 bridgehead atoms. The van der Waals surface area contributed by atoms with Crippen molar-refractivity contribution in [1.29, 1.82) is 0 Å². The van der Waals surface area contributed by atoms with Crippen molar-refractivity contribution >= 4 is 5.82 Å². The number of hydrogen-bond donors (Lipinski definition) is 1. The lowest BCUT2D eigenvalue weighted by molar-refractivity contribution is 0.414. The van der Waals surface area contributed by atoms with Crippen LogP contribution < -0.4 is 10.1 Å². The normalized spacial score (nSPS) is 14.1. The van der Waals surface area contributed by atoms with Crippen molar-refractivity contribution in [2.45, 2.75) is 32.6 Å². The largest absolute Gasteiger partial charge is 0.497 e. The number of methoxy groups -OCH3 is 1. The summed E-state index contributed by atoms with van der Waals surface area (Å²) in [5.74, 6) is 3.31. The molecule has 4 heteroatoms. The van der Waals surface area contributed by atoms with E-state index < -0.39 is 0 Å². The first-order valence-corrected chi connectivity index (χ1v) is 7.35. The van der Waals surface area contributed by atoms with Gasteiger partial charge in [0.15, 0.2) is 0 Å². The summed E-state index contributed by atoms with van der Waals surface area (Å²) in [5, 5.41) is 3.19. The zero-order chi connectivity index (χ0) is 15.0. The Bertz CT molecular complexity index is 678. The van der Waals surface area contributed by atoms with Gasteiger partial charge >= 0.3 is 0 Å². The Balaban J connectivity index is 2.14. The highest BCUT2D eigenvalue weighted by molar-refractivity contribution is 5.71. The van der Waals surface area contributed by atoms with E-state index in [1.165, 1.54) is 18.4 Å². The van der Waals surface area contributed by atoms with Gasteiger partial charge in [0.05, 0.1) is 12.8 Å². The molecule has 21 heavy (non-hydrogen) atoms. The van der Waals surface area contributed by atoms with Gasteiger partial charge in [0, 0.05) is 24.1 Å². The first kappa shape index (κ1) is 13.9. The summed E-state index contributed by atoms with van der Waals surface area (Å²) in [5.41, 5.74) is 4.43. The van der Waals surface area contributed by atoms with Crippen molar-refractivity contribution in [2.75, 3.05) is 19.5 Å². The molecule has 0 saturated heterocycles. The molecule has 3 rings (SSSR count). The Morgan fingerprint density at radius 2 is 1.95 bits per heavy atom. The predicted molar refractivity (Wildman–Crippen MR) is 85.0 cm³/mol. The van der Waals surface area contributed by atoms with Gasteiger partial charge in [-0.15, -0.1) is 0 Å². The molecule has 1 fully saturated rings. The minimum atomic E-state index is 0.537. The fraction of sp³-hybridized carbons (Fsp3) is 0.412. The number of hydrogen-bond acceptors (Lipinski definition) is 4. The molecular formula is C17H21N3O. The van der Waals surface area contributed by atoms with E-state index in [2.05, 4.69) is 30.2 Å². The standard InChI is InChI=1S/C17H21N3O/c1-10-9-13(21-4)7-8-14(10)15-11(2)16(18-3)20-17(19-15)12-5-6-12/h7-9,12H,5-6H2,1-4H3,(H,18,19,20). The molecule has 1 N–H and O–H groups in total. The maximum absolute atomic E-state index is 5.29. The van der Waals surface area contributed by atoms with Crippen LogP contribution in [0.1, 0.15) is 35.7 Å². The lowest BCUT2D eigenvalue weighted by Crippen LogP contribution is -2.05. The van der Waals surface area contributed by atoms with Crippen molar-refractivity contribution < 1.29 is 4.74 Å². The van der Waals surface area contributed by atoms with Crippen LogP contribution in [-0.4, -0.2) is 24.1 Å². The maximum atomic E-state index is 5.29. The predicted octanol–water partition coefficient (Wildman–Crippen LogP) is 3.69. The number of benzene rings is 1. The Morgan fingerprint density at radius 1 is 1.19 bits per heavy atom. The fourth-order valence-electron chi connectivity index (χ4n) is 2.59. The second kappa shape index (κ2) is 5.35.